The average Bonchev–Trinajstić information content (AvgIpc) is 2.45. The van der Waals surface area contributed by atoms with Crippen LogP contribution < -0.4 is 10.6 Å². The van der Waals surface area contributed by atoms with Gasteiger partial charge in [-0.1, -0.05) is 6.07 Å². The molecule has 0 bridgehead atoms. The van der Waals surface area contributed by atoms with E-state index in [0.29, 0.717) is 0 Å². The molecule has 0 saturated carbocycles. The van der Waals surface area contributed by atoms with Gasteiger partial charge >= 0.3 is 0 Å². The number of hydrogen-bond acceptors (Lipinski definition) is 4. The molecule has 6 heteroatoms. The monoisotopic (exact) mass is 290 g/mol. The van der Waals surface area contributed by atoms with E-state index in [0.717, 1.165) is 37.6 Å². The molecule has 1 saturated heterocycles. The molecular weight excluding hydrogens is 268 g/mol. The molecule has 0 atom stereocenters. The Labute approximate surface area is 125 Å². The molecule has 2 amide bonds. The number of likely N-dealkylation sites (N-methyl/N-ethyl adjacent to an activating group) is 1. The molecule has 6 nitrogen and oxygen atoms in total. The van der Waals surface area contributed by atoms with Crippen LogP contribution in [0.25, 0.3) is 0 Å². The highest BCUT2D eigenvalue weighted by Gasteiger charge is 2.18. The number of nitrogens with zero attached hydrogens (tertiary/aromatic N) is 2. The summed E-state index contributed by atoms with van der Waals surface area (Å²) < 4.78 is 0. The molecular formula is C15H22N4O2. The molecule has 1 aliphatic heterocycles. The lowest BCUT2D eigenvalue weighted by molar-refractivity contribution is -0.130. The summed E-state index contributed by atoms with van der Waals surface area (Å²) in [5.74, 6) is -0.00584. The molecule has 21 heavy (non-hydrogen) atoms. The minimum Gasteiger partial charge on any atom is -0.376 e. The van der Waals surface area contributed by atoms with Gasteiger partial charge in [-0.3, -0.25) is 9.59 Å². The molecule has 2 N–H and O–H groups in total. The van der Waals surface area contributed by atoms with Crippen LogP contribution in [0.1, 0.15) is 6.92 Å². The van der Waals surface area contributed by atoms with E-state index in [4.69, 9.17) is 0 Å². The predicted octanol–water partition coefficient (Wildman–Crippen LogP) is 0.831. The van der Waals surface area contributed by atoms with E-state index in [1.54, 1.807) is 0 Å². The van der Waals surface area contributed by atoms with Gasteiger partial charge in [-0.2, -0.15) is 0 Å². The zero-order chi connectivity index (χ0) is 15.2. The van der Waals surface area contributed by atoms with Crippen molar-refractivity contribution < 1.29 is 9.59 Å². The van der Waals surface area contributed by atoms with Crippen molar-refractivity contribution in [2.24, 2.45) is 0 Å². The van der Waals surface area contributed by atoms with Gasteiger partial charge in [0.15, 0.2) is 0 Å². The van der Waals surface area contributed by atoms with Gasteiger partial charge in [0.25, 0.3) is 0 Å². The molecule has 1 heterocycles. The van der Waals surface area contributed by atoms with Gasteiger partial charge < -0.3 is 20.4 Å². The second kappa shape index (κ2) is 7.08. The minimum absolute atomic E-state index is 0.105. The van der Waals surface area contributed by atoms with Crippen LogP contribution in [0.3, 0.4) is 0 Å². The van der Waals surface area contributed by atoms with Crippen LogP contribution in [0, 0.1) is 0 Å². The molecule has 0 aliphatic carbocycles. The quantitative estimate of drug-likeness (QED) is 0.862. The van der Waals surface area contributed by atoms with Crippen molar-refractivity contribution in [1.82, 2.24) is 9.80 Å². The fourth-order valence-electron chi connectivity index (χ4n) is 2.26. The Kier molecular flexibility index (Phi) is 5.16. The molecule has 0 radical (unpaired) electrons. The standard InChI is InChI=1S/C15H22N4O2/c1-12(20)17-14-5-3-4-13(10-14)16-11-15(21)19-8-6-18(2)7-9-19/h3-5,10,16H,6-9,11H2,1-2H3,(H,17,20). The van der Waals surface area contributed by atoms with E-state index in [9.17, 15) is 9.59 Å². The Morgan fingerprint density at radius 1 is 1.14 bits per heavy atom. The Bertz CT molecular complexity index is 510. The van der Waals surface area contributed by atoms with E-state index in [1.807, 2.05) is 29.2 Å². The predicted molar refractivity (Wildman–Crippen MR) is 83.3 cm³/mol. The lowest BCUT2D eigenvalue weighted by Gasteiger charge is -2.32. The van der Waals surface area contributed by atoms with Gasteiger partial charge in [-0.15, -0.1) is 0 Å². The van der Waals surface area contributed by atoms with Crippen LogP contribution >= 0.6 is 0 Å². The maximum Gasteiger partial charge on any atom is 0.241 e. The van der Waals surface area contributed by atoms with Crippen molar-refractivity contribution in [2.75, 3.05) is 50.4 Å². The van der Waals surface area contributed by atoms with E-state index in [-0.39, 0.29) is 18.4 Å². The maximum atomic E-state index is 12.1. The van der Waals surface area contributed by atoms with Crippen LogP contribution in [0.5, 0.6) is 0 Å². The van der Waals surface area contributed by atoms with Crippen LogP contribution in [0.2, 0.25) is 0 Å². The fourth-order valence-corrected chi connectivity index (χ4v) is 2.26. The van der Waals surface area contributed by atoms with Crippen LogP contribution in [-0.2, 0) is 9.59 Å². The van der Waals surface area contributed by atoms with Crippen molar-refractivity contribution in [3.05, 3.63) is 24.3 Å². The minimum atomic E-state index is -0.110. The number of carbonyl (C=O) groups excluding carboxylic acids is 2. The van der Waals surface area contributed by atoms with E-state index >= 15 is 0 Å². The third-order valence-corrected chi connectivity index (χ3v) is 3.48. The van der Waals surface area contributed by atoms with Gasteiger partial charge in [-0.25, -0.2) is 0 Å². The number of rotatable bonds is 4. The largest absolute Gasteiger partial charge is 0.376 e. The lowest BCUT2D eigenvalue weighted by atomic mass is 10.2. The summed E-state index contributed by atoms with van der Waals surface area (Å²) in [7, 11) is 2.06. The van der Waals surface area contributed by atoms with Gasteiger partial charge in [0.2, 0.25) is 11.8 Å². The first-order valence-electron chi connectivity index (χ1n) is 7.12. The highest BCUT2D eigenvalue weighted by molar-refractivity contribution is 5.89. The van der Waals surface area contributed by atoms with E-state index in [2.05, 4.69) is 22.6 Å². The first kappa shape index (κ1) is 15.3. The number of hydrogen-bond donors (Lipinski definition) is 2. The summed E-state index contributed by atoms with van der Waals surface area (Å²) in [6.45, 7) is 5.14. The lowest BCUT2D eigenvalue weighted by Crippen LogP contribution is -2.48. The molecule has 0 spiro atoms. The number of amides is 2. The zero-order valence-corrected chi connectivity index (χ0v) is 12.6. The van der Waals surface area contributed by atoms with Crippen molar-refractivity contribution >= 4 is 23.2 Å². The number of nitrogens with one attached hydrogen (secondary N) is 2. The fraction of sp³-hybridized carbons (Fsp3) is 0.467. The van der Waals surface area contributed by atoms with Gasteiger partial charge in [0, 0.05) is 44.5 Å². The van der Waals surface area contributed by atoms with Gasteiger partial charge in [0.1, 0.15) is 0 Å². The second-order valence-electron chi connectivity index (χ2n) is 5.30. The molecule has 2 rings (SSSR count). The van der Waals surface area contributed by atoms with Crippen molar-refractivity contribution in [3.8, 4) is 0 Å². The Morgan fingerprint density at radius 2 is 1.81 bits per heavy atom. The Hall–Kier alpha value is -2.08. The smallest absolute Gasteiger partial charge is 0.241 e. The van der Waals surface area contributed by atoms with Crippen LogP contribution in [-0.4, -0.2) is 61.4 Å². The summed E-state index contributed by atoms with van der Waals surface area (Å²) in [5, 5.41) is 5.83. The average molecular weight is 290 g/mol. The molecule has 1 aromatic carbocycles. The third-order valence-electron chi connectivity index (χ3n) is 3.48. The van der Waals surface area contributed by atoms with E-state index < -0.39 is 0 Å². The molecule has 1 aliphatic rings. The number of piperazine rings is 1. The normalized spacial score (nSPS) is 15.6. The molecule has 114 valence electrons. The molecule has 0 unspecified atom stereocenters. The molecule has 0 aromatic heterocycles. The van der Waals surface area contributed by atoms with Crippen molar-refractivity contribution in [1.29, 1.82) is 0 Å². The summed E-state index contributed by atoms with van der Waals surface area (Å²) in [4.78, 5) is 27.2. The highest BCUT2D eigenvalue weighted by Crippen LogP contribution is 2.15. The van der Waals surface area contributed by atoms with Crippen molar-refractivity contribution in [3.63, 3.8) is 0 Å². The Morgan fingerprint density at radius 3 is 2.48 bits per heavy atom. The Balaban J connectivity index is 1.85. The topological polar surface area (TPSA) is 64.7 Å². The van der Waals surface area contributed by atoms with Gasteiger partial charge in [0.05, 0.1) is 6.54 Å². The van der Waals surface area contributed by atoms with Gasteiger partial charge in [-0.05, 0) is 25.2 Å². The first-order valence-corrected chi connectivity index (χ1v) is 7.12. The third kappa shape index (κ3) is 4.75. The summed E-state index contributed by atoms with van der Waals surface area (Å²) in [6.07, 6.45) is 0. The number of carbonyl (C=O) groups is 2. The highest BCUT2D eigenvalue weighted by atomic mass is 16.2. The first-order chi connectivity index (χ1) is 10.0. The van der Waals surface area contributed by atoms with Crippen LogP contribution in [0.4, 0.5) is 11.4 Å². The number of anilines is 2. The molecule has 1 aromatic rings. The van der Waals surface area contributed by atoms with E-state index in [1.165, 1.54) is 6.92 Å². The summed E-state index contributed by atoms with van der Waals surface area (Å²) >= 11 is 0. The molecule has 1 fully saturated rings. The van der Waals surface area contributed by atoms with Crippen molar-refractivity contribution in [2.45, 2.75) is 6.92 Å². The second-order valence-corrected chi connectivity index (χ2v) is 5.30. The summed E-state index contributed by atoms with van der Waals surface area (Å²) in [6, 6.07) is 7.35. The summed E-state index contributed by atoms with van der Waals surface area (Å²) in [5.41, 5.74) is 1.54. The SMILES string of the molecule is CC(=O)Nc1cccc(NCC(=O)N2CCN(C)CC2)c1. The zero-order valence-electron chi connectivity index (χ0n) is 12.6. The van der Waals surface area contributed by atoms with Crippen LogP contribution in [0.15, 0.2) is 24.3 Å². The maximum absolute atomic E-state index is 12.1. The number of benzene rings is 1.